The molecule has 1 rings (SSSR count). The Morgan fingerprint density at radius 3 is 2.62 bits per heavy atom. The van der Waals surface area contributed by atoms with Crippen LogP contribution in [0.15, 0.2) is 10.5 Å². The lowest BCUT2D eigenvalue weighted by Crippen LogP contribution is -2.11. The second kappa shape index (κ2) is 5.36. The fourth-order valence-electron chi connectivity index (χ4n) is 1.22. The molecule has 0 unspecified atom stereocenters. The quantitative estimate of drug-likeness (QED) is 0.800. The monoisotopic (exact) mass is 237 g/mol. The molecule has 3 nitrogen and oxygen atoms in total. The fraction of sp³-hybridized carbons (Fsp3) is 0.600. The summed E-state index contributed by atoms with van der Waals surface area (Å²) in [6, 6.07) is 1.72. The molecule has 0 bridgehead atoms. The van der Waals surface area contributed by atoms with E-state index in [1.54, 1.807) is 6.07 Å². The molecule has 92 valence electrons. The molecule has 0 radical (unpaired) electrons. The number of hydrogen-bond acceptors (Lipinski definition) is 3. The van der Waals surface area contributed by atoms with Crippen LogP contribution in [0.1, 0.15) is 23.5 Å². The summed E-state index contributed by atoms with van der Waals surface area (Å²) in [5, 5.41) is 0. The van der Waals surface area contributed by atoms with Crippen molar-refractivity contribution < 1.29 is 22.3 Å². The number of rotatable bonds is 5. The van der Waals surface area contributed by atoms with Crippen LogP contribution in [0.2, 0.25) is 0 Å². The molecule has 6 heteroatoms. The molecule has 0 spiro atoms. The lowest BCUT2D eigenvalue weighted by atomic mass is 10.3. The molecule has 2 N–H and O–H groups in total. The highest BCUT2D eigenvalue weighted by molar-refractivity contribution is 5.19. The molecular formula is C10H14F3NO2. The van der Waals surface area contributed by atoms with E-state index >= 15 is 0 Å². The summed E-state index contributed by atoms with van der Waals surface area (Å²) in [6.07, 6.45) is -5.13. The van der Waals surface area contributed by atoms with Gasteiger partial charge in [0.25, 0.3) is 0 Å². The maximum Gasteiger partial charge on any atom is 0.391 e. The molecule has 0 saturated heterocycles. The predicted octanol–water partition coefficient (Wildman–Crippen LogP) is 2.52. The van der Waals surface area contributed by atoms with Crippen molar-refractivity contribution in [3.63, 3.8) is 0 Å². The van der Waals surface area contributed by atoms with Crippen LogP contribution in [0.3, 0.4) is 0 Å². The largest absolute Gasteiger partial charge is 0.462 e. The lowest BCUT2D eigenvalue weighted by molar-refractivity contribution is -0.146. The maximum atomic E-state index is 11.8. The number of furan rings is 1. The van der Waals surface area contributed by atoms with Gasteiger partial charge >= 0.3 is 6.18 Å². The minimum Gasteiger partial charge on any atom is -0.462 e. The zero-order valence-electron chi connectivity index (χ0n) is 8.93. The van der Waals surface area contributed by atoms with Crippen LogP contribution < -0.4 is 5.73 Å². The van der Waals surface area contributed by atoms with Crippen LogP contribution in [0.25, 0.3) is 0 Å². The van der Waals surface area contributed by atoms with Crippen LogP contribution in [0, 0.1) is 6.92 Å². The first-order chi connectivity index (χ1) is 7.42. The number of nitrogens with two attached hydrogens (primary N) is 1. The van der Waals surface area contributed by atoms with Crippen LogP contribution in [0.5, 0.6) is 0 Å². The molecule has 0 atom stereocenters. The number of alkyl halides is 3. The van der Waals surface area contributed by atoms with Gasteiger partial charge < -0.3 is 14.9 Å². The summed E-state index contributed by atoms with van der Waals surface area (Å²) >= 11 is 0. The fourth-order valence-corrected chi connectivity index (χ4v) is 1.22. The number of halogens is 3. The summed E-state index contributed by atoms with van der Waals surface area (Å²) in [5.41, 5.74) is 6.28. The molecule has 0 aromatic carbocycles. The summed E-state index contributed by atoms with van der Waals surface area (Å²) in [5.74, 6) is 1.13. The van der Waals surface area contributed by atoms with Crippen molar-refractivity contribution in [3.8, 4) is 0 Å². The highest BCUT2D eigenvalue weighted by atomic mass is 19.4. The minimum atomic E-state index is -4.18. The van der Waals surface area contributed by atoms with Crippen molar-refractivity contribution in [1.29, 1.82) is 0 Å². The van der Waals surface area contributed by atoms with E-state index < -0.39 is 12.6 Å². The molecule has 1 aromatic rings. The highest BCUT2D eigenvalue weighted by Gasteiger charge is 2.26. The third-order valence-corrected chi connectivity index (χ3v) is 2.03. The van der Waals surface area contributed by atoms with Crippen LogP contribution in [-0.2, 0) is 17.9 Å². The van der Waals surface area contributed by atoms with E-state index in [1.807, 2.05) is 6.92 Å². The summed E-state index contributed by atoms with van der Waals surface area (Å²) in [6.45, 7) is 1.78. The van der Waals surface area contributed by atoms with Crippen molar-refractivity contribution in [2.75, 3.05) is 6.61 Å². The molecule has 1 heterocycles. The average Bonchev–Trinajstić information content (AvgIpc) is 2.52. The number of hydrogen-bond donors (Lipinski definition) is 1. The smallest absolute Gasteiger partial charge is 0.391 e. The van der Waals surface area contributed by atoms with Gasteiger partial charge in [-0.05, 0) is 18.6 Å². The van der Waals surface area contributed by atoms with E-state index in [0.717, 1.165) is 5.56 Å². The number of aryl methyl sites for hydroxylation is 1. The van der Waals surface area contributed by atoms with Gasteiger partial charge in [-0.3, -0.25) is 0 Å². The van der Waals surface area contributed by atoms with Gasteiger partial charge in [0.2, 0.25) is 0 Å². The zero-order chi connectivity index (χ0) is 12.2. The van der Waals surface area contributed by atoms with Crippen molar-refractivity contribution in [3.05, 3.63) is 23.2 Å². The highest BCUT2D eigenvalue weighted by Crippen LogP contribution is 2.20. The average molecular weight is 237 g/mol. The Labute approximate surface area is 91.4 Å². The molecule has 0 amide bonds. The van der Waals surface area contributed by atoms with Gasteiger partial charge in [-0.15, -0.1) is 0 Å². The molecule has 0 fully saturated rings. The van der Waals surface area contributed by atoms with E-state index in [4.69, 9.17) is 14.9 Å². The second-order valence-corrected chi connectivity index (χ2v) is 3.44. The minimum absolute atomic E-state index is 0.0386. The van der Waals surface area contributed by atoms with Gasteiger partial charge in [0.05, 0.1) is 19.6 Å². The standard InChI is InChI=1S/C10H14F3NO2/c1-7-4-8(16-9(7)5-14)6-15-3-2-10(11,12)13/h4H,2-3,5-6,14H2,1H3. The molecule has 1 aromatic heterocycles. The number of ether oxygens (including phenoxy) is 1. The van der Waals surface area contributed by atoms with E-state index in [2.05, 4.69) is 0 Å². The Balaban J connectivity index is 2.32. The summed E-state index contributed by atoms with van der Waals surface area (Å²) < 4.78 is 45.5. The Morgan fingerprint density at radius 2 is 2.12 bits per heavy atom. The van der Waals surface area contributed by atoms with Crippen molar-refractivity contribution >= 4 is 0 Å². The van der Waals surface area contributed by atoms with Crippen molar-refractivity contribution in [1.82, 2.24) is 0 Å². The van der Waals surface area contributed by atoms with Gasteiger partial charge in [0.1, 0.15) is 18.1 Å². The summed E-state index contributed by atoms with van der Waals surface area (Å²) in [4.78, 5) is 0. The van der Waals surface area contributed by atoms with E-state index in [-0.39, 0.29) is 19.8 Å². The van der Waals surface area contributed by atoms with E-state index in [0.29, 0.717) is 11.5 Å². The molecule has 16 heavy (non-hydrogen) atoms. The van der Waals surface area contributed by atoms with E-state index in [9.17, 15) is 13.2 Å². The Morgan fingerprint density at radius 1 is 1.44 bits per heavy atom. The molecule has 0 aliphatic heterocycles. The normalized spacial score (nSPS) is 12.1. The Hall–Kier alpha value is -1.01. The maximum absolute atomic E-state index is 11.8. The van der Waals surface area contributed by atoms with E-state index in [1.165, 1.54) is 0 Å². The first kappa shape index (κ1) is 13.1. The van der Waals surface area contributed by atoms with Gasteiger partial charge in [-0.1, -0.05) is 0 Å². The molecule has 0 aliphatic rings. The zero-order valence-corrected chi connectivity index (χ0v) is 8.93. The first-order valence-electron chi connectivity index (χ1n) is 4.85. The van der Waals surface area contributed by atoms with Gasteiger partial charge in [-0.2, -0.15) is 13.2 Å². The Bertz CT molecular complexity index is 333. The van der Waals surface area contributed by atoms with Crippen LogP contribution >= 0.6 is 0 Å². The molecular weight excluding hydrogens is 223 g/mol. The van der Waals surface area contributed by atoms with Gasteiger partial charge in [0, 0.05) is 0 Å². The third kappa shape index (κ3) is 4.24. The first-order valence-corrected chi connectivity index (χ1v) is 4.85. The predicted molar refractivity (Wildman–Crippen MR) is 51.7 cm³/mol. The van der Waals surface area contributed by atoms with Crippen molar-refractivity contribution in [2.24, 2.45) is 5.73 Å². The second-order valence-electron chi connectivity index (χ2n) is 3.44. The third-order valence-electron chi connectivity index (χ3n) is 2.03. The Kier molecular flexibility index (Phi) is 4.37. The SMILES string of the molecule is Cc1cc(COCCC(F)(F)F)oc1CN. The summed E-state index contributed by atoms with van der Waals surface area (Å²) in [7, 11) is 0. The molecule has 0 saturated carbocycles. The van der Waals surface area contributed by atoms with Gasteiger partial charge in [0.15, 0.2) is 0 Å². The van der Waals surface area contributed by atoms with Crippen LogP contribution in [0.4, 0.5) is 13.2 Å². The van der Waals surface area contributed by atoms with Crippen molar-refractivity contribution in [2.45, 2.75) is 32.7 Å². The van der Waals surface area contributed by atoms with Gasteiger partial charge in [-0.25, -0.2) is 0 Å². The topological polar surface area (TPSA) is 48.4 Å². The lowest BCUT2D eigenvalue weighted by Gasteiger charge is -2.05. The molecule has 0 aliphatic carbocycles. The van der Waals surface area contributed by atoms with Crippen LogP contribution in [-0.4, -0.2) is 12.8 Å².